The maximum Gasteiger partial charge on any atom is 0.335 e. The van der Waals surface area contributed by atoms with Gasteiger partial charge in [0.1, 0.15) is 0 Å². The number of halogens is 1. The van der Waals surface area contributed by atoms with Gasteiger partial charge in [-0.05, 0) is 72.8 Å². The van der Waals surface area contributed by atoms with E-state index in [-0.39, 0.29) is 0 Å². The lowest BCUT2D eigenvalue weighted by Gasteiger charge is -2.37. The number of piperidine rings is 1. The molecule has 4 heteroatoms. The molecule has 0 spiro atoms. The zero-order chi connectivity index (χ0) is 18.4. The van der Waals surface area contributed by atoms with Crippen molar-refractivity contribution in [3.8, 4) is 0 Å². The van der Waals surface area contributed by atoms with Gasteiger partial charge in [-0.3, -0.25) is 0 Å². The van der Waals surface area contributed by atoms with Gasteiger partial charge in [0, 0.05) is 22.9 Å². The predicted octanol–water partition coefficient (Wildman–Crippen LogP) is 5.03. The summed E-state index contributed by atoms with van der Waals surface area (Å²) in [4.78, 5) is 13.8. The Bertz CT molecular complexity index is 846. The van der Waals surface area contributed by atoms with E-state index in [0.29, 0.717) is 23.3 Å². The number of hydrogen-bond acceptors (Lipinski definition) is 2. The number of rotatable bonds is 3. The van der Waals surface area contributed by atoms with E-state index < -0.39 is 5.97 Å². The molecule has 2 aliphatic rings. The molecule has 1 aliphatic heterocycles. The second-order valence-corrected chi connectivity index (χ2v) is 8.44. The van der Waals surface area contributed by atoms with Crippen LogP contribution in [0, 0.1) is 12.8 Å². The molecule has 1 heterocycles. The molecule has 2 aromatic rings. The van der Waals surface area contributed by atoms with Crippen LogP contribution in [-0.2, 0) is 0 Å². The minimum absolute atomic E-state index is 0.358. The largest absolute Gasteiger partial charge is 0.478 e. The average molecular weight is 414 g/mol. The van der Waals surface area contributed by atoms with Crippen molar-refractivity contribution in [2.75, 3.05) is 19.6 Å². The Balaban J connectivity index is 1.79. The highest BCUT2D eigenvalue weighted by atomic mass is 79.9. The van der Waals surface area contributed by atoms with Gasteiger partial charge in [-0.25, -0.2) is 4.79 Å². The molecule has 0 radical (unpaired) electrons. The first-order chi connectivity index (χ1) is 12.5. The molecule has 4 rings (SSSR count). The van der Waals surface area contributed by atoms with E-state index in [1.54, 1.807) is 12.1 Å². The lowest BCUT2D eigenvalue weighted by molar-refractivity contribution is 0.0697. The molecule has 26 heavy (non-hydrogen) atoms. The third-order valence-electron chi connectivity index (χ3n) is 6.24. The smallest absolute Gasteiger partial charge is 0.335 e. The van der Waals surface area contributed by atoms with Crippen LogP contribution in [-0.4, -0.2) is 35.6 Å². The van der Waals surface area contributed by atoms with E-state index in [2.05, 4.69) is 46.8 Å². The number of nitrogens with zero attached hydrogens (tertiary/aromatic N) is 1. The molecule has 1 saturated heterocycles. The van der Waals surface area contributed by atoms with E-state index in [1.165, 1.54) is 33.1 Å². The molecule has 1 fully saturated rings. The molecule has 0 bridgehead atoms. The maximum absolute atomic E-state index is 11.2. The molecule has 0 saturated carbocycles. The van der Waals surface area contributed by atoms with E-state index in [0.717, 1.165) is 19.6 Å². The Morgan fingerprint density at radius 2 is 1.96 bits per heavy atom. The summed E-state index contributed by atoms with van der Waals surface area (Å²) in [7, 11) is 0. The second-order valence-electron chi connectivity index (χ2n) is 7.59. The summed E-state index contributed by atoms with van der Waals surface area (Å²) in [6.45, 7) is 7.76. The normalized spacial score (nSPS) is 25.0. The minimum atomic E-state index is -0.864. The van der Waals surface area contributed by atoms with Gasteiger partial charge >= 0.3 is 5.97 Å². The van der Waals surface area contributed by atoms with Crippen molar-refractivity contribution in [2.24, 2.45) is 5.92 Å². The molecule has 1 N–H and O–H groups in total. The fraction of sp³-hybridized carbons (Fsp3) is 0.409. The molecule has 3 atom stereocenters. The summed E-state index contributed by atoms with van der Waals surface area (Å²) in [5.41, 5.74) is 5.77. The molecule has 2 aromatic carbocycles. The number of aromatic carboxylic acids is 1. The van der Waals surface area contributed by atoms with Crippen molar-refractivity contribution >= 4 is 21.9 Å². The molecule has 1 aliphatic carbocycles. The Hall–Kier alpha value is -1.65. The Kier molecular flexibility index (Phi) is 4.66. The van der Waals surface area contributed by atoms with Crippen molar-refractivity contribution < 1.29 is 9.90 Å². The molecule has 136 valence electrons. The second kappa shape index (κ2) is 6.82. The van der Waals surface area contributed by atoms with Crippen LogP contribution in [0.1, 0.15) is 57.8 Å². The zero-order valence-electron chi connectivity index (χ0n) is 15.2. The lowest BCUT2D eigenvalue weighted by atomic mass is 9.78. The monoisotopic (exact) mass is 413 g/mol. The predicted molar refractivity (Wildman–Crippen MR) is 107 cm³/mol. The number of benzene rings is 2. The van der Waals surface area contributed by atoms with Crippen LogP contribution in [0.2, 0.25) is 0 Å². The van der Waals surface area contributed by atoms with Gasteiger partial charge in [0.05, 0.1) is 5.56 Å². The van der Waals surface area contributed by atoms with E-state index in [4.69, 9.17) is 0 Å². The molecule has 0 aromatic heterocycles. The van der Waals surface area contributed by atoms with Gasteiger partial charge < -0.3 is 10.0 Å². The van der Waals surface area contributed by atoms with Crippen molar-refractivity contribution in [1.82, 2.24) is 4.90 Å². The summed E-state index contributed by atoms with van der Waals surface area (Å²) in [6, 6.07) is 12.2. The average Bonchev–Trinajstić information content (AvgIpc) is 2.94. The summed E-state index contributed by atoms with van der Waals surface area (Å²) in [6.07, 6.45) is 1.19. The summed E-state index contributed by atoms with van der Waals surface area (Å²) >= 11 is 3.72. The van der Waals surface area contributed by atoms with Gasteiger partial charge in [-0.2, -0.15) is 0 Å². The number of fused-ring (bicyclic) bond motifs is 3. The van der Waals surface area contributed by atoms with Crippen LogP contribution in [0.25, 0.3) is 0 Å². The van der Waals surface area contributed by atoms with Gasteiger partial charge in [-0.1, -0.05) is 41.1 Å². The third kappa shape index (κ3) is 2.89. The van der Waals surface area contributed by atoms with Crippen LogP contribution in [0.3, 0.4) is 0 Å². The highest BCUT2D eigenvalue weighted by Gasteiger charge is 2.44. The van der Waals surface area contributed by atoms with Crippen LogP contribution < -0.4 is 0 Å². The van der Waals surface area contributed by atoms with Crippen LogP contribution in [0.4, 0.5) is 0 Å². The fourth-order valence-corrected chi connectivity index (χ4v) is 5.21. The molecule has 0 amide bonds. The van der Waals surface area contributed by atoms with Crippen molar-refractivity contribution in [3.05, 3.63) is 68.7 Å². The summed E-state index contributed by atoms with van der Waals surface area (Å²) < 4.78 is 1.19. The fourth-order valence-electron chi connectivity index (χ4n) is 4.85. The third-order valence-corrected chi connectivity index (χ3v) is 7.10. The van der Waals surface area contributed by atoms with E-state index in [1.807, 2.05) is 12.1 Å². The standard InChI is InChI=1S/C22H24BrNO2/c1-3-24-9-8-16-19(12-24)17-11-20(23)13(2)10-18(17)21(16)14-4-6-15(7-5-14)22(25)26/h4-7,10-11,16,19,21H,3,8-9,12H2,1-2H3,(H,25,26)/t16-,19+,21+/m1/s1. The van der Waals surface area contributed by atoms with Crippen LogP contribution in [0.5, 0.6) is 0 Å². The van der Waals surface area contributed by atoms with Crippen LogP contribution in [0.15, 0.2) is 40.9 Å². The summed E-state index contributed by atoms with van der Waals surface area (Å²) in [5.74, 6) is 0.651. The molecule has 0 unspecified atom stereocenters. The SMILES string of the molecule is CCN1CC[C@H]2[C@H](c3ccc(C(=O)O)cc3)c3cc(C)c(Br)cc3[C@H]2C1. The Morgan fingerprint density at radius 1 is 1.23 bits per heavy atom. The number of carboxylic acids is 1. The van der Waals surface area contributed by atoms with Gasteiger partial charge in [0.15, 0.2) is 0 Å². The van der Waals surface area contributed by atoms with Gasteiger partial charge in [-0.15, -0.1) is 0 Å². The maximum atomic E-state index is 11.2. The van der Waals surface area contributed by atoms with E-state index >= 15 is 0 Å². The lowest BCUT2D eigenvalue weighted by Crippen LogP contribution is -2.38. The Labute approximate surface area is 163 Å². The highest BCUT2D eigenvalue weighted by molar-refractivity contribution is 9.10. The minimum Gasteiger partial charge on any atom is -0.478 e. The first-order valence-electron chi connectivity index (χ1n) is 9.35. The molecule has 3 nitrogen and oxygen atoms in total. The van der Waals surface area contributed by atoms with Crippen molar-refractivity contribution in [3.63, 3.8) is 0 Å². The number of aryl methyl sites for hydroxylation is 1. The zero-order valence-corrected chi connectivity index (χ0v) is 16.8. The van der Waals surface area contributed by atoms with Crippen molar-refractivity contribution in [2.45, 2.75) is 32.1 Å². The molecular formula is C22H24BrNO2. The number of likely N-dealkylation sites (N-methyl/N-ethyl adjacent to an activating group) is 1. The summed E-state index contributed by atoms with van der Waals surface area (Å²) in [5, 5.41) is 9.20. The number of carboxylic acid groups (broad SMARTS) is 1. The Morgan fingerprint density at radius 3 is 2.62 bits per heavy atom. The quantitative estimate of drug-likeness (QED) is 0.766. The topological polar surface area (TPSA) is 40.5 Å². The van der Waals surface area contributed by atoms with Gasteiger partial charge in [0.2, 0.25) is 0 Å². The number of carbonyl (C=O) groups is 1. The first-order valence-corrected chi connectivity index (χ1v) is 10.1. The van der Waals surface area contributed by atoms with Crippen molar-refractivity contribution in [1.29, 1.82) is 0 Å². The number of hydrogen-bond donors (Lipinski definition) is 1. The van der Waals surface area contributed by atoms with E-state index in [9.17, 15) is 9.90 Å². The number of likely N-dealkylation sites (tertiary alicyclic amines) is 1. The first kappa shape index (κ1) is 17.7. The highest BCUT2D eigenvalue weighted by Crippen LogP contribution is 2.54. The van der Waals surface area contributed by atoms with Crippen LogP contribution >= 0.6 is 15.9 Å². The van der Waals surface area contributed by atoms with Gasteiger partial charge in [0.25, 0.3) is 0 Å². The molecular weight excluding hydrogens is 390 g/mol.